The molecule has 1 aliphatic heterocycles. The number of carbonyl (C=O) groups excluding carboxylic acids is 3. The number of aliphatic hydroxyl groups excluding tert-OH is 1. The third-order valence-corrected chi connectivity index (χ3v) is 6.87. The summed E-state index contributed by atoms with van der Waals surface area (Å²) in [6.07, 6.45) is 2.19. The average Bonchev–Trinajstić information content (AvgIpc) is 3.12. The number of aliphatic hydroxyl groups is 1. The fourth-order valence-electron chi connectivity index (χ4n) is 5.34. The average molecular weight is 494 g/mol. The zero-order valence-corrected chi connectivity index (χ0v) is 19.3. The Morgan fingerprint density at radius 2 is 1.51 bits per heavy atom. The van der Waals surface area contributed by atoms with Gasteiger partial charge in [0, 0.05) is 34.4 Å². The molecule has 0 saturated carbocycles. The van der Waals surface area contributed by atoms with Crippen LogP contribution in [0.15, 0.2) is 89.7 Å². The summed E-state index contributed by atoms with van der Waals surface area (Å²) in [5, 5.41) is 31.4. The van der Waals surface area contributed by atoms with Crippen molar-refractivity contribution < 1.29 is 39.2 Å². The maximum absolute atomic E-state index is 14.2. The number of phenols is 2. The Bertz CT molecular complexity index is 1640. The molecule has 182 valence electrons. The van der Waals surface area contributed by atoms with E-state index < -0.39 is 28.7 Å². The van der Waals surface area contributed by atoms with Crippen LogP contribution in [0, 0.1) is 0 Å². The Morgan fingerprint density at radius 1 is 0.811 bits per heavy atom. The molecular weight excluding hydrogens is 476 g/mol. The summed E-state index contributed by atoms with van der Waals surface area (Å²) in [5.74, 6) is -2.34. The Labute approximate surface area is 210 Å². The molecule has 0 amide bonds. The number of hydrogen-bond acceptors (Lipinski definition) is 8. The van der Waals surface area contributed by atoms with Crippen LogP contribution in [0.2, 0.25) is 0 Å². The maximum atomic E-state index is 14.2. The zero-order valence-electron chi connectivity index (χ0n) is 19.3. The second-order valence-corrected chi connectivity index (χ2v) is 8.85. The second-order valence-electron chi connectivity index (χ2n) is 8.85. The van der Waals surface area contributed by atoms with E-state index in [-0.39, 0.29) is 45.1 Å². The largest absolute Gasteiger partial charge is 0.508 e. The lowest BCUT2D eigenvalue weighted by atomic mass is 9.66. The summed E-state index contributed by atoms with van der Waals surface area (Å²) < 4.78 is 10.9. The Kier molecular flexibility index (Phi) is 4.65. The molecule has 3 aliphatic rings. The second kappa shape index (κ2) is 7.69. The Balaban J connectivity index is 1.81. The van der Waals surface area contributed by atoms with Crippen LogP contribution in [0.4, 0.5) is 0 Å². The van der Waals surface area contributed by atoms with Crippen LogP contribution in [0.3, 0.4) is 0 Å². The minimum absolute atomic E-state index is 0.00427. The molecule has 3 N–H and O–H groups in total. The minimum atomic E-state index is -1.81. The molecule has 1 heterocycles. The van der Waals surface area contributed by atoms with Gasteiger partial charge in [-0.15, -0.1) is 0 Å². The number of esters is 1. The molecule has 0 aromatic heterocycles. The molecule has 3 aromatic carbocycles. The van der Waals surface area contributed by atoms with Crippen molar-refractivity contribution >= 4 is 23.1 Å². The van der Waals surface area contributed by atoms with Crippen LogP contribution in [-0.4, -0.2) is 40.0 Å². The summed E-state index contributed by atoms with van der Waals surface area (Å²) in [6.45, 7) is 0. The molecule has 0 bridgehead atoms. The van der Waals surface area contributed by atoms with Gasteiger partial charge >= 0.3 is 5.97 Å². The highest BCUT2D eigenvalue weighted by Crippen LogP contribution is 2.58. The summed E-state index contributed by atoms with van der Waals surface area (Å²) >= 11 is 0. The van der Waals surface area contributed by atoms with E-state index in [0.29, 0.717) is 16.9 Å². The number of ether oxygens (including phenoxy) is 2. The molecule has 6 rings (SSSR count). The smallest absolute Gasteiger partial charge is 0.331 e. The van der Waals surface area contributed by atoms with E-state index in [0.717, 1.165) is 6.08 Å². The van der Waals surface area contributed by atoms with Gasteiger partial charge in [0.25, 0.3) is 0 Å². The van der Waals surface area contributed by atoms with Crippen LogP contribution in [-0.2, 0) is 15.0 Å². The van der Waals surface area contributed by atoms with Crippen molar-refractivity contribution in [3.8, 4) is 23.0 Å². The molecule has 0 unspecified atom stereocenters. The molecular formula is C29H18O8. The van der Waals surface area contributed by atoms with Gasteiger partial charge in [0.2, 0.25) is 0 Å². The lowest BCUT2D eigenvalue weighted by molar-refractivity contribution is -0.135. The van der Waals surface area contributed by atoms with Crippen molar-refractivity contribution in [1.29, 1.82) is 0 Å². The zero-order chi connectivity index (χ0) is 26.1. The summed E-state index contributed by atoms with van der Waals surface area (Å²) in [6, 6.07) is 14.7. The van der Waals surface area contributed by atoms with Gasteiger partial charge < -0.3 is 24.8 Å². The van der Waals surface area contributed by atoms with Crippen LogP contribution in [0.5, 0.6) is 23.0 Å². The van der Waals surface area contributed by atoms with Crippen molar-refractivity contribution in [3.05, 3.63) is 112 Å². The summed E-state index contributed by atoms with van der Waals surface area (Å²) in [4.78, 5) is 40.9. The predicted octanol–water partition coefficient (Wildman–Crippen LogP) is 3.91. The number of Topliss-reactive ketones (excluding diaryl/α,β-unsaturated/α-hetero) is 1. The Hall–Kier alpha value is -5.11. The first kappa shape index (κ1) is 22.4. The number of carbonyl (C=O) groups is 3. The van der Waals surface area contributed by atoms with Gasteiger partial charge in [0.05, 0.1) is 7.11 Å². The predicted molar refractivity (Wildman–Crippen MR) is 131 cm³/mol. The van der Waals surface area contributed by atoms with Crippen molar-refractivity contribution in [2.45, 2.75) is 5.41 Å². The van der Waals surface area contributed by atoms with E-state index in [1.165, 1.54) is 49.6 Å². The van der Waals surface area contributed by atoms with E-state index in [9.17, 15) is 29.7 Å². The number of benzene rings is 3. The molecule has 0 radical (unpaired) electrons. The molecule has 1 atom stereocenters. The third-order valence-electron chi connectivity index (χ3n) is 6.87. The van der Waals surface area contributed by atoms with Gasteiger partial charge in [-0.2, -0.15) is 0 Å². The fraction of sp³-hybridized carbons (Fsp3) is 0.0690. The quantitative estimate of drug-likeness (QED) is 0.369. The lowest BCUT2D eigenvalue weighted by Crippen LogP contribution is -2.39. The van der Waals surface area contributed by atoms with Gasteiger partial charge in [-0.25, -0.2) is 4.79 Å². The molecule has 8 nitrogen and oxygen atoms in total. The number of hydrogen-bond donors (Lipinski definition) is 3. The molecule has 0 spiro atoms. The number of methoxy groups -OCH3 is 1. The first-order valence-electron chi connectivity index (χ1n) is 11.3. The van der Waals surface area contributed by atoms with Gasteiger partial charge in [-0.1, -0.05) is 24.3 Å². The van der Waals surface area contributed by atoms with E-state index in [4.69, 9.17) is 9.47 Å². The van der Waals surface area contributed by atoms with Gasteiger partial charge in [-0.05, 0) is 53.1 Å². The third kappa shape index (κ3) is 2.99. The highest BCUT2D eigenvalue weighted by atomic mass is 16.5. The number of allylic oxidation sites excluding steroid dienone is 4. The minimum Gasteiger partial charge on any atom is -0.508 e. The highest BCUT2D eigenvalue weighted by molar-refractivity contribution is 6.34. The number of ketones is 2. The Morgan fingerprint density at radius 3 is 2.19 bits per heavy atom. The van der Waals surface area contributed by atoms with Crippen molar-refractivity contribution in [1.82, 2.24) is 0 Å². The SMILES string of the molecule is COc1ccc([C@@]23C(=O)Oc4cc(O)cc(c42)C(=O)C(c2ccc(O)cc2)=C2C(O)=CC(=O)C=C23)cc1. The van der Waals surface area contributed by atoms with Crippen LogP contribution in [0.25, 0.3) is 5.57 Å². The molecule has 0 saturated heterocycles. The number of aromatic hydroxyl groups is 2. The monoisotopic (exact) mass is 494 g/mol. The van der Waals surface area contributed by atoms with Gasteiger partial charge in [-0.3, -0.25) is 9.59 Å². The van der Waals surface area contributed by atoms with Gasteiger partial charge in [0.15, 0.2) is 11.6 Å². The van der Waals surface area contributed by atoms with Gasteiger partial charge in [0.1, 0.15) is 34.2 Å². The van der Waals surface area contributed by atoms with E-state index in [1.54, 1.807) is 24.3 Å². The van der Waals surface area contributed by atoms with Crippen LogP contribution >= 0.6 is 0 Å². The molecule has 8 heteroatoms. The maximum Gasteiger partial charge on any atom is 0.331 e. The van der Waals surface area contributed by atoms with Crippen LogP contribution < -0.4 is 9.47 Å². The molecule has 37 heavy (non-hydrogen) atoms. The molecule has 0 fully saturated rings. The first-order chi connectivity index (χ1) is 17.7. The number of fused-ring (bicyclic) bond motifs is 2. The van der Waals surface area contributed by atoms with Crippen LogP contribution in [0.1, 0.15) is 27.0 Å². The summed E-state index contributed by atoms with van der Waals surface area (Å²) in [5.41, 5.74) is -0.947. The lowest BCUT2D eigenvalue weighted by Gasteiger charge is -2.32. The van der Waals surface area contributed by atoms with E-state index in [1.807, 2.05) is 0 Å². The van der Waals surface area contributed by atoms with Crippen molar-refractivity contribution in [2.24, 2.45) is 0 Å². The van der Waals surface area contributed by atoms with Crippen molar-refractivity contribution in [3.63, 3.8) is 0 Å². The topological polar surface area (TPSA) is 130 Å². The number of phenolic OH excluding ortho intramolecular Hbond substituents is 2. The number of rotatable bonds is 3. The van der Waals surface area contributed by atoms with Crippen molar-refractivity contribution in [2.75, 3.05) is 7.11 Å². The molecule has 3 aromatic rings. The normalized spacial score (nSPS) is 20.0. The first-order valence-corrected chi connectivity index (χ1v) is 11.3. The van der Waals surface area contributed by atoms with E-state index >= 15 is 0 Å². The standard InChI is InChI=1S/C29H18O8/c1-36-19-8-4-15(5-9-19)29-21-11-18(32)12-22(33)25(21)24(14-2-6-16(30)7-3-14)27(34)20-10-17(31)13-23(26(20)29)37-28(29)35/h2-13,30-31,33H,1H3/t29-/m0/s1. The fourth-order valence-corrected chi connectivity index (χ4v) is 5.34. The van der Waals surface area contributed by atoms with E-state index in [2.05, 4.69) is 0 Å². The molecule has 2 aliphatic carbocycles. The summed E-state index contributed by atoms with van der Waals surface area (Å²) in [7, 11) is 1.49. The highest BCUT2D eigenvalue weighted by Gasteiger charge is 2.59.